The molecule has 176 valence electrons. The van der Waals surface area contributed by atoms with Crippen molar-refractivity contribution in [1.29, 1.82) is 0 Å². The fourth-order valence-electron chi connectivity index (χ4n) is 5.33. The van der Waals surface area contributed by atoms with Crippen molar-refractivity contribution in [3.05, 3.63) is 39.8 Å². The van der Waals surface area contributed by atoms with E-state index in [2.05, 4.69) is 9.88 Å². The van der Waals surface area contributed by atoms with Crippen LogP contribution in [0.25, 0.3) is 22.4 Å². The summed E-state index contributed by atoms with van der Waals surface area (Å²) in [5.74, 6) is 1.14. The highest BCUT2D eigenvalue weighted by molar-refractivity contribution is 5.79. The zero-order valence-corrected chi connectivity index (χ0v) is 19.5. The largest absolute Gasteiger partial charge is 0.496 e. The van der Waals surface area contributed by atoms with E-state index in [1.165, 1.54) is 19.3 Å². The number of nitrogens with one attached hydrogen (secondary N) is 1. The van der Waals surface area contributed by atoms with Crippen molar-refractivity contribution in [2.75, 3.05) is 13.7 Å². The summed E-state index contributed by atoms with van der Waals surface area (Å²) in [5, 5.41) is 15.0. The van der Waals surface area contributed by atoms with E-state index in [0.717, 1.165) is 55.5 Å². The highest BCUT2D eigenvalue weighted by Crippen LogP contribution is 2.33. The number of nitrogens with zero attached hydrogens (tertiary/aromatic N) is 4. The molecule has 2 aromatic heterocycles. The number of aromatic nitrogens is 4. The smallest absolute Gasteiger partial charge is 0.277 e. The normalized spacial score (nSPS) is 20.4. The molecule has 1 aliphatic heterocycles. The first-order chi connectivity index (χ1) is 16.0. The highest BCUT2D eigenvalue weighted by Gasteiger charge is 2.24. The predicted molar refractivity (Wildman–Crippen MR) is 127 cm³/mol. The molecule has 1 saturated heterocycles. The van der Waals surface area contributed by atoms with E-state index < -0.39 is 6.23 Å². The molecule has 1 aromatic carbocycles. The van der Waals surface area contributed by atoms with Crippen LogP contribution in [0.4, 0.5) is 0 Å². The van der Waals surface area contributed by atoms with E-state index in [4.69, 9.17) is 14.8 Å². The van der Waals surface area contributed by atoms with Crippen molar-refractivity contribution in [3.63, 3.8) is 0 Å². The van der Waals surface area contributed by atoms with Crippen LogP contribution in [0, 0.1) is 6.92 Å². The Kier molecular flexibility index (Phi) is 6.21. The van der Waals surface area contributed by atoms with Crippen molar-refractivity contribution in [3.8, 4) is 17.1 Å². The van der Waals surface area contributed by atoms with Gasteiger partial charge >= 0.3 is 0 Å². The Balaban J connectivity index is 1.49. The molecule has 0 bridgehead atoms. The molecule has 8 heteroatoms. The first kappa shape index (κ1) is 22.1. The second kappa shape index (κ2) is 9.27. The van der Waals surface area contributed by atoms with Crippen molar-refractivity contribution < 1.29 is 9.84 Å². The molecule has 33 heavy (non-hydrogen) atoms. The third kappa shape index (κ3) is 4.29. The van der Waals surface area contributed by atoms with Gasteiger partial charge < -0.3 is 14.8 Å². The number of ether oxygens (including phenoxy) is 1. The second-order valence-electron chi connectivity index (χ2n) is 9.42. The Bertz CT molecular complexity index is 1190. The number of fused-ring (bicyclic) bond motifs is 1. The number of H-pyrrole nitrogens is 1. The van der Waals surface area contributed by atoms with Crippen molar-refractivity contribution in [1.82, 2.24) is 24.6 Å². The number of aliphatic hydroxyl groups excluding tert-OH is 1. The molecule has 1 unspecified atom stereocenters. The maximum Gasteiger partial charge on any atom is 0.277 e. The zero-order chi connectivity index (χ0) is 22.9. The van der Waals surface area contributed by atoms with Crippen LogP contribution < -0.4 is 10.3 Å². The van der Waals surface area contributed by atoms with Crippen LogP contribution in [0.2, 0.25) is 0 Å². The first-order valence-corrected chi connectivity index (χ1v) is 12.1. The number of methoxy groups -OCH3 is 1. The van der Waals surface area contributed by atoms with E-state index >= 15 is 0 Å². The van der Waals surface area contributed by atoms with Crippen LogP contribution in [-0.4, -0.2) is 49.6 Å². The number of hydrogen-bond acceptors (Lipinski definition) is 6. The number of likely N-dealkylation sites (tertiary alicyclic amines) is 1. The van der Waals surface area contributed by atoms with Gasteiger partial charge in [0, 0.05) is 13.1 Å². The summed E-state index contributed by atoms with van der Waals surface area (Å²) in [6, 6.07) is 6.19. The summed E-state index contributed by atoms with van der Waals surface area (Å²) in [6.07, 6.45) is 8.29. The van der Waals surface area contributed by atoms with Gasteiger partial charge in [-0.1, -0.05) is 25.3 Å². The van der Waals surface area contributed by atoms with Crippen molar-refractivity contribution >= 4 is 11.0 Å². The Hall–Kier alpha value is -2.71. The van der Waals surface area contributed by atoms with E-state index in [-0.39, 0.29) is 11.6 Å². The van der Waals surface area contributed by atoms with Gasteiger partial charge in [-0.2, -0.15) is 5.10 Å². The molecular formula is C25H33N5O3. The van der Waals surface area contributed by atoms with Gasteiger partial charge in [-0.15, -0.1) is 0 Å². The van der Waals surface area contributed by atoms with Crippen LogP contribution in [0.15, 0.2) is 23.0 Å². The minimum absolute atomic E-state index is 0.163. The third-order valence-corrected chi connectivity index (χ3v) is 7.13. The number of benzene rings is 1. The van der Waals surface area contributed by atoms with Crippen molar-refractivity contribution in [2.45, 2.75) is 77.1 Å². The van der Waals surface area contributed by atoms with Crippen LogP contribution in [0.3, 0.4) is 0 Å². The Morgan fingerprint density at radius 1 is 1.15 bits per heavy atom. The summed E-state index contributed by atoms with van der Waals surface area (Å²) in [6.45, 7) is 3.47. The molecule has 1 atom stereocenters. The molecule has 8 nitrogen and oxygen atoms in total. The van der Waals surface area contributed by atoms with Crippen LogP contribution >= 0.6 is 0 Å². The first-order valence-electron chi connectivity index (χ1n) is 12.1. The number of aromatic amines is 1. The average Bonchev–Trinajstić information content (AvgIpc) is 3.18. The number of aryl methyl sites for hydroxylation is 1. The fraction of sp³-hybridized carbons (Fsp3) is 0.560. The highest BCUT2D eigenvalue weighted by atomic mass is 16.5. The quantitative estimate of drug-likeness (QED) is 0.611. The summed E-state index contributed by atoms with van der Waals surface area (Å²) in [4.78, 5) is 23.1. The minimum atomic E-state index is -0.395. The lowest BCUT2D eigenvalue weighted by Gasteiger charge is -2.32. The predicted octanol–water partition coefficient (Wildman–Crippen LogP) is 3.91. The third-order valence-electron chi connectivity index (χ3n) is 7.13. The Labute approximate surface area is 193 Å². The SMILES string of the molecule is COc1cc(CN2CCCCC2O)ccc1-c1nc2c(C)nn(C3CCCCC3)c2c(=O)[nH]1. The lowest BCUT2D eigenvalue weighted by Crippen LogP contribution is -2.38. The summed E-state index contributed by atoms with van der Waals surface area (Å²) < 4.78 is 7.58. The molecule has 1 aliphatic carbocycles. The molecular weight excluding hydrogens is 418 g/mol. The van der Waals surface area contributed by atoms with Gasteiger partial charge in [0.2, 0.25) is 0 Å². The number of rotatable bonds is 5. The Morgan fingerprint density at radius 2 is 1.94 bits per heavy atom. The zero-order valence-electron chi connectivity index (χ0n) is 19.5. The van der Waals surface area contributed by atoms with Gasteiger partial charge in [-0.25, -0.2) is 4.98 Å². The summed E-state index contributed by atoms with van der Waals surface area (Å²) in [5.41, 5.74) is 3.63. The lowest BCUT2D eigenvalue weighted by atomic mass is 9.95. The summed E-state index contributed by atoms with van der Waals surface area (Å²) in [7, 11) is 1.63. The standard InChI is InChI=1S/C25H33N5O3/c1-16-22-23(30(28-16)18-8-4-3-5-9-18)25(32)27-24(26-22)19-12-11-17(14-20(19)33-2)15-29-13-7-6-10-21(29)31/h11-12,14,18,21,31H,3-10,13,15H2,1-2H3,(H,26,27,32). The number of piperidine rings is 1. The number of aliphatic hydroxyl groups is 1. The van der Waals surface area contributed by atoms with E-state index in [0.29, 0.717) is 29.2 Å². The number of hydrogen-bond donors (Lipinski definition) is 2. The van der Waals surface area contributed by atoms with Gasteiger partial charge in [0.25, 0.3) is 5.56 Å². The monoisotopic (exact) mass is 451 g/mol. The Morgan fingerprint density at radius 3 is 2.70 bits per heavy atom. The summed E-state index contributed by atoms with van der Waals surface area (Å²) >= 11 is 0. The van der Waals surface area contributed by atoms with E-state index in [1.807, 2.05) is 29.8 Å². The van der Waals surface area contributed by atoms with Gasteiger partial charge in [0.15, 0.2) is 5.52 Å². The molecule has 3 aromatic rings. The second-order valence-corrected chi connectivity index (χ2v) is 9.42. The van der Waals surface area contributed by atoms with Gasteiger partial charge in [0.05, 0.1) is 24.4 Å². The molecule has 2 aliphatic rings. The molecule has 3 heterocycles. The van der Waals surface area contributed by atoms with Crippen molar-refractivity contribution in [2.24, 2.45) is 0 Å². The molecule has 0 radical (unpaired) electrons. The van der Waals surface area contributed by atoms with Gasteiger partial charge in [0.1, 0.15) is 23.3 Å². The maximum atomic E-state index is 13.2. The lowest BCUT2D eigenvalue weighted by molar-refractivity contribution is -0.0290. The topological polar surface area (TPSA) is 96.3 Å². The van der Waals surface area contributed by atoms with E-state index in [1.54, 1.807) is 7.11 Å². The van der Waals surface area contributed by atoms with Crippen LogP contribution in [-0.2, 0) is 6.54 Å². The van der Waals surface area contributed by atoms with Gasteiger partial charge in [-0.05, 0) is 56.7 Å². The molecule has 0 amide bonds. The van der Waals surface area contributed by atoms with E-state index in [9.17, 15) is 9.90 Å². The average molecular weight is 452 g/mol. The van der Waals surface area contributed by atoms with Gasteiger partial charge in [-0.3, -0.25) is 14.4 Å². The van der Waals surface area contributed by atoms with Crippen LogP contribution in [0.1, 0.15) is 68.7 Å². The molecule has 2 N–H and O–H groups in total. The molecule has 5 rings (SSSR count). The molecule has 1 saturated carbocycles. The fourth-order valence-corrected chi connectivity index (χ4v) is 5.33. The minimum Gasteiger partial charge on any atom is -0.496 e. The molecule has 0 spiro atoms. The van der Waals surface area contributed by atoms with Crippen LogP contribution in [0.5, 0.6) is 5.75 Å². The maximum absolute atomic E-state index is 13.2. The molecule has 2 fully saturated rings.